The summed E-state index contributed by atoms with van der Waals surface area (Å²) in [5.41, 5.74) is 5.13. The molecule has 0 aliphatic rings. The maximum absolute atomic E-state index is 13.0. The van der Waals surface area contributed by atoms with Gasteiger partial charge in [-0.15, -0.1) is 11.3 Å². The third-order valence-electron chi connectivity index (χ3n) is 6.28. The molecule has 0 radical (unpaired) electrons. The van der Waals surface area contributed by atoms with Crippen LogP contribution in [0.4, 0.5) is 5.00 Å². The highest BCUT2D eigenvalue weighted by Crippen LogP contribution is 2.37. The molecule has 5 nitrogen and oxygen atoms in total. The second kappa shape index (κ2) is 12.0. The number of thiophene rings is 1. The zero-order chi connectivity index (χ0) is 27.2. The highest BCUT2D eigenvalue weighted by Gasteiger charge is 2.22. The average Bonchev–Trinajstić information content (AvgIpc) is 3.37. The summed E-state index contributed by atoms with van der Waals surface area (Å²) in [6.07, 6.45) is 0.178. The Kier molecular flexibility index (Phi) is 8.10. The van der Waals surface area contributed by atoms with Gasteiger partial charge in [0.25, 0.3) is 0 Å². The first kappa shape index (κ1) is 26.3. The molecule has 0 unspecified atom stereocenters. The van der Waals surface area contributed by atoms with Crippen LogP contribution in [0.5, 0.6) is 0 Å². The van der Waals surface area contributed by atoms with Gasteiger partial charge in [0, 0.05) is 10.9 Å². The van der Waals surface area contributed by atoms with Gasteiger partial charge in [-0.1, -0.05) is 97.1 Å². The van der Waals surface area contributed by atoms with E-state index in [4.69, 9.17) is 17.0 Å². The SMILES string of the molecule is CCOC(=O)c1c(-c2ccc(-c3ccccc3)cc2)csc1NC(=S)NC(=O)Cc1cccc2ccccc12. The van der Waals surface area contributed by atoms with Crippen molar-refractivity contribution in [1.82, 2.24) is 5.32 Å². The third-order valence-corrected chi connectivity index (χ3v) is 7.38. The fourth-order valence-electron chi connectivity index (χ4n) is 4.47. The molecule has 194 valence electrons. The van der Waals surface area contributed by atoms with E-state index in [9.17, 15) is 9.59 Å². The van der Waals surface area contributed by atoms with E-state index in [2.05, 4.69) is 22.8 Å². The maximum atomic E-state index is 13.0. The quantitative estimate of drug-likeness (QED) is 0.163. The molecule has 0 spiro atoms. The Morgan fingerprint density at radius 3 is 2.26 bits per heavy atom. The van der Waals surface area contributed by atoms with Crippen LogP contribution < -0.4 is 10.6 Å². The summed E-state index contributed by atoms with van der Waals surface area (Å²) in [6, 6.07) is 32.0. The Bertz CT molecular complexity index is 1640. The van der Waals surface area contributed by atoms with Crippen LogP contribution in [0, 0.1) is 0 Å². The van der Waals surface area contributed by atoms with Gasteiger partial charge in [-0.2, -0.15) is 0 Å². The predicted molar refractivity (Wildman–Crippen MR) is 163 cm³/mol. The van der Waals surface area contributed by atoms with Gasteiger partial charge in [0.15, 0.2) is 5.11 Å². The van der Waals surface area contributed by atoms with E-state index in [1.54, 1.807) is 6.92 Å². The molecule has 0 aliphatic heterocycles. The van der Waals surface area contributed by atoms with Gasteiger partial charge in [0.1, 0.15) is 10.6 Å². The van der Waals surface area contributed by atoms with Crippen molar-refractivity contribution in [2.24, 2.45) is 0 Å². The minimum absolute atomic E-state index is 0.124. The number of ether oxygens (including phenoxy) is 1. The Labute approximate surface area is 236 Å². The van der Waals surface area contributed by atoms with Crippen LogP contribution in [0.15, 0.2) is 102 Å². The summed E-state index contributed by atoms with van der Waals surface area (Å²) in [5, 5.41) is 10.4. The summed E-state index contributed by atoms with van der Waals surface area (Å²) in [7, 11) is 0. The summed E-state index contributed by atoms with van der Waals surface area (Å²) < 4.78 is 5.36. The molecule has 0 saturated carbocycles. The number of anilines is 1. The number of amides is 1. The van der Waals surface area contributed by atoms with Crippen LogP contribution in [-0.4, -0.2) is 23.6 Å². The van der Waals surface area contributed by atoms with Crippen molar-refractivity contribution in [2.75, 3.05) is 11.9 Å². The van der Waals surface area contributed by atoms with Crippen molar-refractivity contribution in [3.8, 4) is 22.3 Å². The molecule has 5 aromatic rings. The topological polar surface area (TPSA) is 67.4 Å². The molecule has 0 fully saturated rings. The summed E-state index contributed by atoms with van der Waals surface area (Å²) >= 11 is 6.78. The average molecular weight is 551 g/mol. The third kappa shape index (κ3) is 6.06. The lowest BCUT2D eigenvalue weighted by Gasteiger charge is -2.12. The van der Waals surface area contributed by atoms with E-state index in [0.717, 1.165) is 38.6 Å². The van der Waals surface area contributed by atoms with Gasteiger partial charge in [0.2, 0.25) is 5.91 Å². The highest BCUT2D eigenvalue weighted by atomic mass is 32.1. The standard InChI is InChI=1S/C32H26N2O3S2/c1-2-37-31(36)29-27(24-17-15-22(16-18-24)21-9-4-3-5-10-21)20-39-30(29)34-32(38)33-28(35)19-25-13-8-12-23-11-6-7-14-26(23)25/h3-18,20H,2,19H2,1H3,(H2,33,34,35,38). The van der Waals surface area contributed by atoms with Crippen molar-refractivity contribution in [1.29, 1.82) is 0 Å². The van der Waals surface area contributed by atoms with Gasteiger partial charge in [-0.3, -0.25) is 4.79 Å². The number of thiocarbonyl (C=S) groups is 1. The molecule has 1 heterocycles. The molecule has 5 rings (SSSR count). The second-order valence-electron chi connectivity index (χ2n) is 8.83. The van der Waals surface area contributed by atoms with E-state index in [0.29, 0.717) is 10.6 Å². The van der Waals surface area contributed by atoms with Crippen molar-refractivity contribution < 1.29 is 14.3 Å². The van der Waals surface area contributed by atoms with Gasteiger partial charge in [-0.05, 0) is 52.2 Å². The Hall–Kier alpha value is -4.33. The first-order chi connectivity index (χ1) is 19.0. The Morgan fingerprint density at radius 1 is 0.821 bits per heavy atom. The molecule has 4 aromatic carbocycles. The molecule has 0 atom stereocenters. The summed E-state index contributed by atoms with van der Waals surface area (Å²) in [5.74, 6) is -0.692. The minimum atomic E-state index is -0.451. The second-order valence-corrected chi connectivity index (χ2v) is 10.1. The van der Waals surface area contributed by atoms with E-state index in [1.165, 1.54) is 11.3 Å². The van der Waals surface area contributed by atoms with Gasteiger partial charge < -0.3 is 15.4 Å². The molecule has 1 aromatic heterocycles. The number of rotatable bonds is 7. The van der Waals surface area contributed by atoms with Crippen LogP contribution in [0.2, 0.25) is 0 Å². The van der Waals surface area contributed by atoms with E-state index >= 15 is 0 Å². The monoisotopic (exact) mass is 550 g/mol. The smallest absolute Gasteiger partial charge is 0.341 e. The zero-order valence-electron chi connectivity index (χ0n) is 21.3. The zero-order valence-corrected chi connectivity index (χ0v) is 22.9. The fourth-order valence-corrected chi connectivity index (χ4v) is 5.71. The molecule has 0 bridgehead atoms. The number of carbonyl (C=O) groups is 2. The van der Waals surface area contributed by atoms with E-state index in [-0.39, 0.29) is 24.0 Å². The van der Waals surface area contributed by atoms with Gasteiger partial charge in [-0.25, -0.2) is 4.79 Å². The summed E-state index contributed by atoms with van der Waals surface area (Å²) in [4.78, 5) is 25.8. The number of hydrogen-bond acceptors (Lipinski definition) is 5. The number of nitrogens with one attached hydrogen (secondary N) is 2. The number of carbonyl (C=O) groups excluding carboxylic acids is 2. The molecular weight excluding hydrogens is 524 g/mol. The Balaban J connectivity index is 1.34. The molecule has 7 heteroatoms. The van der Waals surface area contributed by atoms with Gasteiger partial charge >= 0.3 is 5.97 Å². The fraction of sp³-hybridized carbons (Fsp3) is 0.0938. The number of fused-ring (bicyclic) bond motifs is 1. The van der Waals surface area contributed by atoms with Crippen molar-refractivity contribution in [2.45, 2.75) is 13.3 Å². The normalized spacial score (nSPS) is 10.7. The Morgan fingerprint density at radius 2 is 1.49 bits per heavy atom. The summed E-state index contributed by atoms with van der Waals surface area (Å²) in [6.45, 7) is 2.01. The molecular formula is C32H26N2O3S2. The van der Waals surface area contributed by atoms with Crippen LogP contribution in [0.25, 0.3) is 33.0 Å². The van der Waals surface area contributed by atoms with Crippen molar-refractivity contribution >= 4 is 56.3 Å². The molecule has 0 saturated heterocycles. The minimum Gasteiger partial charge on any atom is -0.462 e. The first-order valence-corrected chi connectivity index (χ1v) is 13.8. The number of hydrogen-bond donors (Lipinski definition) is 2. The predicted octanol–water partition coefficient (Wildman–Crippen LogP) is 7.47. The van der Waals surface area contributed by atoms with Gasteiger partial charge in [0.05, 0.1) is 13.0 Å². The number of benzene rings is 4. The molecule has 2 N–H and O–H groups in total. The maximum Gasteiger partial charge on any atom is 0.341 e. The van der Waals surface area contributed by atoms with Crippen LogP contribution in [0.3, 0.4) is 0 Å². The largest absolute Gasteiger partial charge is 0.462 e. The lowest BCUT2D eigenvalue weighted by molar-refractivity contribution is -0.119. The van der Waals surface area contributed by atoms with Crippen LogP contribution in [0.1, 0.15) is 22.8 Å². The number of esters is 1. The molecule has 39 heavy (non-hydrogen) atoms. The lowest BCUT2D eigenvalue weighted by atomic mass is 9.99. The highest BCUT2D eigenvalue weighted by molar-refractivity contribution is 7.80. The van der Waals surface area contributed by atoms with Crippen molar-refractivity contribution in [3.05, 3.63) is 114 Å². The van der Waals surface area contributed by atoms with Crippen molar-refractivity contribution in [3.63, 3.8) is 0 Å². The van der Waals surface area contributed by atoms with E-state index < -0.39 is 5.97 Å². The first-order valence-electron chi connectivity index (χ1n) is 12.6. The molecule has 0 aliphatic carbocycles. The lowest BCUT2D eigenvalue weighted by Crippen LogP contribution is -2.35. The van der Waals surface area contributed by atoms with E-state index in [1.807, 2.05) is 90.3 Å². The van der Waals surface area contributed by atoms with Crippen LogP contribution >= 0.6 is 23.6 Å². The van der Waals surface area contributed by atoms with Crippen LogP contribution in [-0.2, 0) is 16.0 Å². The molecule has 1 amide bonds.